The Bertz CT molecular complexity index is 1340. The van der Waals surface area contributed by atoms with Crippen LogP contribution in [-0.2, 0) is 6.54 Å². The van der Waals surface area contributed by atoms with Gasteiger partial charge in [-0.1, -0.05) is 12.1 Å². The SMILES string of the molecule is CCOc1cc(CN2CCC(NC(=O)c3cc(OC)cc(OCC#N)c3)CC2)cc(OCC)c1-c1ccc(F)cc1. The van der Waals surface area contributed by atoms with Crippen molar-refractivity contribution in [2.75, 3.05) is 40.0 Å². The van der Waals surface area contributed by atoms with Crippen LogP contribution in [0.25, 0.3) is 11.1 Å². The van der Waals surface area contributed by atoms with Crippen molar-refractivity contribution >= 4 is 5.91 Å². The van der Waals surface area contributed by atoms with Gasteiger partial charge in [-0.05, 0) is 74.2 Å². The highest BCUT2D eigenvalue weighted by molar-refractivity contribution is 5.95. The number of hydrogen-bond acceptors (Lipinski definition) is 7. The fourth-order valence-corrected chi connectivity index (χ4v) is 4.96. The van der Waals surface area contributed by atoms with E-state index < -0.39 is 0 Å². The van der Waals surface area contributed by atoms with Gasteiger partial charge in [-0.2, -0.15) is 5.26 Å². The summed E-state index contributed by atoms with van der Waals surface area (Å²) in [5.41, 5.74) is 3.14. The maximum Gasteiger partial charge on any atom is 0.251 e. The molecule has 0 radical (unpaired) electrons. The first-order valence-electron chi connectivity index (χ1n) is 13.8. The van der Waals surface area contributed by atoms with Crippen molar-refractivity contribution in [2.24, 2.45) is 0 Å². The molecule has 0 aliphatic carbocycles. The van der Waals surface area contributed by atoms with Crippen LogP contribution < -0.4 is 24.3 Å². The van der Waals surface area contributed by atoms with E-state index in [1.807, 2.05) is 32.0 Å². The van der Waals surface area contributed by atoms with Crippen molar-refractivity contribution in [1.82, 2.24) is 10.2 Å². The van der Waals surface area contributed by atoms with Gasteiger partial charge in [0.2, 0.25) is 0 Å². The lowest BCUT2D eigenvalue weighted by Crippen LogP contribution is -2.44. The number of hydrogen-bond donors (Lipinski definition) is 1. The van der Waals surface area contributed by atoms with Crippen LogP contribution in [0.3, 0.4) is 0 Å². The number of likely N-dealkylation sites (tertiary alicyclic amines) is 1. The summed E-state index contributed by atoms with van der Waals surface area (Å²) in [6.45, 7) is 7.08. The van der Waals surface area contributed by atoms with Gasteiger partial charge in [0.05, 0.1) is 25.9 Å². The molecule has 0 saturated carbocycles. The van der Waals surface area contributed by atoms with Crippen LogP contribution in [0.15, 0.2) is 54.6 Å². The molecule has 1 aliphatic heterocycles. The van der Waals surface area contributed by atoms with E-state index in [4.69, 9.17) is 24.2 Å². The number of amides is 1. The fraction of sp³-hybridized carbons (Fsp3) is 0.375. The summed E-state index contributed by atoms with van der Waals surface area (Å²) >= 11 is 0. The quantitative estimate of drug-likeness (QED) is 0.308. The molecular formula is C32H36FN3O5. The molecule has 1 fully saturated rings. The summed E-state index contributed by atoms with van der Waals surface area (Å²) in [6.07, 6.45) is 1.61. The second-order valence-electron chi connectivity index (χ2n) is 9.71. The first kappa shape index (κ1) is 29.7. The average Bonchev–Trinajstić information content (AvgIpc) is 2.98. The van der Waals surface area contributed by atoms with E-state index in [9.17, 15) is 9.18 Å². The lowest BCUT2D eigenvalue weighted by molar-refractivity contribution is 0.0908. The van der Waals surface area contributed by atoms with Crippen LogP contribution in [0.5, 0.6) is 23.0 Å². The van der Waals surface area contributed by atoms with E-state index in [-0.39, 0.29) is 24.4 Å². The molecule has 0 bridgehead atoms. The highest BCUT2D eigenvalue weighted by Crippen LogP contribution is 2.40. The monoisotopic (exact) mass is 561 g/mol. The van der Waals surface area contributed by atoms with Gasteiger partial charge in [0.1, 0.15) is 34.9 Å². The summed E-state index contributed by atoms with van der Waals surface area (Å²) in [5, 5.41) is 11.9. The summed E-state index contributed by atoms with van der Waals surface area (Å²) in [7, 11) is 1.52. The normalized spacial score (nSPS) is 13.7. The van der Waals surface area contributed by atoms with Crippen molar-refractivity contribution in [3.63, 3.8) is 0 Å². The third-order valence-corrected chi connectivity index (χ3v) is 6.87. The second-order valence-corrected chi connectivity index (χ2v) is 9.71. The molecule has 9 heteroatoms. The molecular weight excluding hydrogens is 525 g/mol. The van der Waals surface area contributed by atoms with Crippen molar-refractivity contribution < 1.29 is 28.1 Å². The van der Waals surface area contributed by atoms with Crippen molar-refractivity contribution in [1.29, 1.82) is 5.26 Å². The number of methoxy groups -OCH3 is 1. The van der Waals surface area contributed by atoms with E-state index in [1.54, 1.807) is 30.3 Å². The predicted molar refractivity (Wildman–Crippen MR) is 154 cm³/mol. The number of benzene rings is 3. The fourth-order valence-electron chi connectivity index (χ4n) is 4.96. The molecule has 4 rings (SSSR count). The second kappa shape index (κ2) is 14.4. The lowest BCUT2D eigenvalue weighted by atomic mass is 9.99. The molecule has 41 heavy (non-hydrogen) atoms. The molecule has 3 aromatic carbocycles. The Morgan fingerprint density at radius 2 is 1.61 bits per heavy atom. The lowest BCUT2D eigenvalue weighted by Gasteiger charge is -2.32. The number of nitriles is 1. The zero-order chi connectivity index (χ0) is 29.2. The van der Waals surface area contributed by atoms with Crippen LogP contribution in [0.4, 0.5) is 4.39 Å². The number of halogens is 1. The molecule has 0 unspecified atom stereocenters. The number of nitrogens with one attached hydrogen (secondary N) is 1. The summed E-state index contributed by atoms with van der Waals surface area (Å²) in [4.78, 5) is 15.3. The minimum atomic E-state index is -0.293. The summed E-state index contributed by atoms with van der Waals surface area (Å²) in [6, 6.07) is 17.3. The molecule has 0 spiro atoms. The summed E-state index contributed by atoms with van der Waals surface area (Å²) in [5.74, 6) is 1.82. The number of carbonyl (C=O) groups is 1. The predicted octanol–water partition coefficient (Wildman–Crippen LogP) is 5.60. The third kappa shape index (κ3) is 7.89. The number of carbonyl (C=O) groups excluding carboxylic acids is 1. The number of nitrogens with zero attached hydrogens (tertiary/aromatic N) is 2. The highest BCUT2D eigenvalue weighted by Gasteiger charge is 2.23. The topological polar surface area (TPSA) is 93.0 Å². The van der Waals surface area contributed by atoms with Gasteiger partial charge in [-0.3, -0.25) is 9.69 Å². The van der Waals surface area contributed by atoms with Gasteiger partial charge in [0, 0.05) is 37.3 Å². The van der Waals surface area contributed by atoms with Gasteiger partial charge in [-0.25, -0.2) is 4.39 Å². The Hall–Kier alpha value is -4.29. The van der Waals surface area contributed by atoms with Crippen LogP contribution in [0.1, 0.15) is 42.6 Å². The van der Waals surface area contributed by atoms with Crippen LogP contribution >= 0.6 is 0 Å². The molecule has 1 heterocycles. The third-order valence-electron chi connectivity index (χ3n) is 6.87. The van der Waals surface area contributed by atoms with Gasteiger partial charge in [0.15, 0.2) is 6.61 Å². The van der Waals surface area contributed by atoms with Gasteiger partial charge >= 0.3 is 0 Å². The van der Waals surface area contributed by atoms with Gasteiger partial charge in [-0.15, -0.1) is 0 Å². The molecule has 1 amide bonds. The first-order chi connectivity index (χ1) is 19.9. The van der Waals surface area contributed by atoms with Crippen LogP contribution in [-0.4, -0.2) is 56.9 Å². The maximum atomic E-state index is 13.6. The number of ether oxygens (including phenoxy) is 4. The Kier molecular flexibility index (Phi) is 10.4. The van der Waals surface area contributed by atoms with Crippen LogP contribution in [0.2, 0.25) is 0 Å². The Labute approximate surface area is 240 Å². The van der Waals surface area contributed by atoms with E-state index in [0.717, 1.165) is 42.6 Å². The molecule has 216 valence electrons. The largest absolute Gasteiger partial charge is 0.497 e. The minimum absolute atomic E-state index is 0.0345. The van der Waals surface area contributed by atoms with Gasteiger partial charge < -0.3 is 24.3 Å². The highest BCUT2D eigenvalue weighted by atomic mass is 19.1. The smallest absolute Gasteiger partial charge is 0.251 e. The zero-order valence-corrected chi connectivity index (χ0v) is 23.7. The Balaban J connectivity index is 1.42. The van der Waals surface area contributed by atoms with E-state index in [2.05, 4.69) is 10.2 Å². The average molecular weight is 562 g/mol. The minimum Gasteiger partial charge on any atom is -0.497 e. The summed E-state index contributed by atoms with van der Waals surface area (Å²) < 4.78 is 36.3. The number of rotatable bonds is 12. The van der Waals surface area contributed by atoms with Crippen molar-refractivity contribution in [2.45, 2.75) is 39.3 Å². The Morgan fingerprint density at radius 1 is 0.976 bits per heavy atom. The van der Waals surface area contributed by atoms with E-state index in [1.165, 1.54) is 19.2 Å². The molecule has 1 N–H and O–H groups in total. The maximum absolute atomic E-state index is 13.6. The Morgan fingerprint density at radius 3 is 2.20 bits per heavy atom. The number of piperidine rings is 1. The molecule has 0 atom stereocenters. The molecule has 1 saturated heterocycles. The molecule has 3 aromatic rings. The van der Waals surface area contributed by atoms with E-state index in [0.29, 0.717) is 48.3 Å². The standard InChI is InChI=1S/C32H36FN3O5/c1-4-39-29-16-22(17-30(40-5-2)31(29)23-6-8-25(33)9-7-23)21-36-13-10-26(11-14-36)35-32(37)24-18-27(38-3)20-28(19-24)41-15-12-34/h6-9,16-20,26H,4-5,10-11,13-15,21H2,1-3H3,(H,35,37). The molecule has 8 nitrogen and oxygen atoms in total. The van der Waals surface area contributed by atoms with Crippen molar-refractivity contribution in [3.05, 3.63) is 71.5 Å². The van der Waals surface area contributed by atoms with Crippen molar-refractivity contribution in [3.8, 4) is 40.2 Å². The first-order valence-corrected chi connectivity index (χ1v) is 13.8. The zero-order valence-electron chi connectivity index (χ0n) is 23.7. The molecule has 0 aromatic heterocycles. The van der Waals surface area contributed by atoms with E-state index >= 15 is 0 Å². The van der Waals surface area contributed by atoms with Crippen LogP contribution in [0, 0.1) is 17.1 Å². The van der Waals surface area contributed by atoms with Gasteiger partial charge in [0.25, 0.3) is 5.91 Å². The molecule has 1 aliphatic rings.